The van der Waals surface area contributed by atoms with E-state index in [2.05, 4.69) is 78.9 Å². The van der Waals surface area contributed by atoms with Crippen molar-refractivity contribution in [2.45, 2.75) is 12.8 Å². The van der Waals surface area contributed by atoms with Crippen molar-refractivity contribution in [1.82, 2.24) is 0 Å². The summed E-state index contributed by atoms with van der Waals surface area (Å²) >= 11 is 0. The molecule has 0 aliphatic rings. The highest BCUT2D eigenvalue weighted by Crippen LogP contribution is 2.32. The van der Waals surface area contributed by atoms with Crippen molar-refractivity contribution in [1.29, 1.82) is 0 Å². The molecule has 0 amide bonds. The summed E-state index contributed by atoms with van der Waals surface area (Å²) in [6.07, 6.45) is 1.78. The molecule has 0 spiro atoms. The second-order valence-electron chi connectivity index (χ2n) is 6.82. The molecule has 27 heavy (non-hydrogen) atoms. The second kappa shape index (κ2) is 7.92. The number of hydrogen-bond donors (Lipinski definition) is 1. The highest BCUT2D eigenvalue weighted by Gasteiger charge is 2.12. The lowest BCUT2D eigenvalue weighted by molar-refractivity contribution is 0.475. The summed E-state index contributed by atoms with van der Waals surface area (Å²) in [5.74, 6) is 0.295. The topological polar surface area (TPSA) is 20.2 Å². The molecule has 0 aliphatic carbocycles. The third-order valence-corrected chi connectivity index (χ3v) is 4.87. The molecule has 0 heterocycles. The summed E-state index contributed by atoms with van der Waals surface area (Å²) in [7, 11) is 0. The van der Waals surface area contributed by atoms with Gasteiger partial charge in [-0.2, -0.15) is 0 Å². The van der Waals surface area contributed by atoms with Gasteiger partial charge in [0.25, 0.3) is 0 Å². The molecule has 0 atom stereocenters. The molecule has 1 heteroatoms. The molecule has 132 valence electrons. The minimum Gasteiger partial charge on any atom is -0.508 e. The first-order chi connectivity index (χ1) is 13.3. The number of aromatic hydroxyl groups is 1. The van der Waals surface area contributed by atoms with Crippen LogP contribution < -0.4 is 0 Å². The number of benzene rings is 4. The van der Waals surface area contributed by atoms with Gasteiger partial charge in [-0.1, -0.05) is 91.0 Å². The summed E-state index contributed by atoms with van der Waals surface area (Å²) in [4.78, 5) is 0. The van der Waals surface area contributed by atoms with Crippen LogP contribution in [0.2, 0.25) is 0 Å². The number of hydrogen-bond acceptors (Lipinski definition) is 1. The maximum Gasteiger partial charge on any atom is 0.115 e. The first kappa shape index (κ1) is 17.1. The van der Waals surface area contributed by atoms with E-state index in [1.165, 1.54) is 27.8 Å². The van der Waals surface area contributed by atoms with Gasteiger partial charge in [-0.25, -0.2) is 0 Å². The van der Waals surface area contributed by atoms with Crippen molar-refractivity contribution in [3.8, 4) is 16.9 Å². The van der Waals surface area contributed by atoms with Crippen molar-refractivity contribution in [2.75, 3.05) is 0 Å². The summed E-state index contributed by atoms with van der Waals surface area (Å²) in [5, 5.41) is 9.71. The van der Waals surface area contributed by atoms with Crippen molar-refractivity contribution in [2.24, 2.45) is 0 Å². The van der Waals surface area contributed by atoms with Crippen molar-refractivity contribution in [3.63, 3.8) is 0 Å². The smallest absolute Gasteiger partial charge is 0.115 e. The van der Waals surface area contributed by atoms with Crippen LogP contribution >= 0.6 is 0 Å². The number of phenols is 1. The Kier molecular flexibility index (Phi) is 5.02. The van der Waals surface area contributed by atoms with E-state index in [-0.39, 0.29) is 0 Å². The van der Waals surface area contributed by atoms with Crippen LogP contribution in [0.25, 0.3) is 11.1 Å². The van der Waals surface area contributed by atoms with Crippen LogP contribution in [0.1, 0.15) is 22.3 Å². The standard InChI is InChI=1S/C26H22O/c27-25-16-14-22(15-17-25)26-23(18-20-8-3-1-4-9-20)12-7-13-24(26)19-21-10-5-2-6-11-21/h1-17,27H,18-19H2. The molecule has 1 N–H and O–H groups in total. The van der Waals surface area contributed by atoms with E-state index in [0.29, 0.717) is 5.75 Å². The van der Waals surface area contributed by atoms with Gasteiger partial charge in [-0.15, -0.1) is 0 Å². The second-order valence-corrected chi connectivity index (χ2v) is 6.82. The van der Waals surface area contributed by atoms with Crippen LogP contribution in [0.15, 0.2) is 103 Å². The molecule has 0 aliphatic heterocycles. The van der Waals surface area contributed by atoms with Gasteiger partial charge in [0.1, 0.15) is 5.75 Å². The first-order valence-corrected chi connectivity index (χ1v) is 9.27. The molecule has 0 aromatic heterocycles. The van der Waals surface area contributed by atoms with Crippen LogP contribution in [0.3, 0.4) is 0 Å². The minimum absolute atomic E-state index is 0.295. The molecule has 4 rings (SSSR count). The monoisotopic (exact) mass is 350 g/mol. The van der Waals surface area contributed by atoms with Crippen molar-refractivity contribution in [3.05, 3.63) is 125 Å². The SMILES string of the molecule is Oc1ccc(-c2c(Cc3ccccc3)cccc2Cc2ccccc2)cc1. The highest BCUT2D eigenvalue weighted by atomic mass is 16.3. The fraction of sp³-hybridized carbons (Fsp3) is 0.0769. The maximum atomic E-state index is 9.71. The predicted molar refractivity (Wildman–Crippen MR) is 112 cm³/mol. The highest BCUT2D eigenvalue weighted by molar-refractivity contribution is 5.72. The van der Waals surface area contributed by atoms with Crippen LogP contribution in [-0.4, -0.2) is 5.11 Å². The summed E-state index contributed by atoms with van der Waals surface area (Å²) < 4.78 is 0. The third kappa shape index (κ3) is 4.09. The molecule has 4 aromatic carbocycles. The predicted octanol–water partition coefficient (Wildman–Crippen LogP) is 6.24. The Balaban J connectivity index is 1.80. The number of phenolic OH excluding ortho intramolecular Hbond substituents is 1. The summed E-state index contributed by atoms with van der Waals surface area (Å²) in [6.45, 7) is 0. The van der Waals surface area contributed by atoms with Gasteiger partial charge in [-0.3, -0.25) is 0 Å². The number of rotatable bonds is 5. The lowest BCUT2D eigenvalue weighted by Gasteiger charge is -2.16. The quantitative estimate of drug-likeness (QED) is 0.451. The average Bonchev–Trinajstić information content (AvgIpc) is 2.71. The molecule has 0 bridgehead atoms. The average molecular weight is 350 g/mol. The molecule has 1 nitrogen and oxygen atoms in total. The zero-order chi connectivity index (χ0) is 18.5. The summed E-state index contributed by atoms with van der Waals surface area (Å²) in [5.41, 5.74) is 7.62. The van der Waals surface area contributed by atoms with Gasteiger partial charge in [0, 0.05) is 0 Å². The largest absolute Gasteiger partial charge is 0.508 e. The molecular weight excluding hydrogens is 328 g/mol. The fourth-order valence-electron chi connectivity index (χ4n) is 3.58. The van der Waals surface area contributed by atoms with Crippen LogP contribution in [0, 0.1) is 0 Å². The Labute approximate surface area is 160 Å². The molecule has 0 saturated carbocycles. The Morgan fingerprint density at radius 3 is 1.44 bits per heavy atom. The van der Waals surface area contributed by atoms with E-state index < -0.39 is 0 Å². The molecule has 0 saturated heterocycles. The van der Waals surface area contributed by atoms with Crippen LogP contribution in [0.5, 0.6) is 5.75 Å². The molecule has 0 fully saturated rings. The Hall–Kier alpha value is -3.32. The van der Waals surface area contributed by atoms with Crippen LogP contribution in [0.4, 0.5) is 0 Å². The van der Waals surface area contributed by atoms with Gasteiger partial charge in [-0.05, 0) is 58.4 Å². The van der Waals surface area contributed by atoms with Gasteiger partial charge in [0.2, 0.25) is 0 Å². The van der Waals surface area contributed by atoms with E-state index >= 15 is 0 Å². The van der Waals surface area contributed by atoms with E-state index in [1.807, 2.05) is 12.1 Å². The van der Waals surface area contributed by atoms with Gasteiger partial charge >= 0.3 is 0 Å². The molecule has 0 radical (unpaired) electrons. The minimum atomic E-state index is 0.295. The Morgan fingerprint density at radius 2 is 0.963 bits per heavy atom. The van der Waals surface area contributed by atoms with E-state index in [9.17, 15) is 5.11 Å². The van der Waals surface area contributed by atoms with Gasteiger partial charge in [0.05, 0.1) is 0 Å². The van der Waals surface area contributed by atoms with Crippen molar-refractivity contribution >= 4 is 0 Å². The van der Waals surface area contributed by atoms with Crippen LogP contribution in [-0.2, 0) is 12.8 Å². The van der Waals surface area contributed by atoms with E-state index in [1.54, 1.807) is 12.1 Å². The van der Waals surface area contributed by atoms with Crippen molar-refractivity contribution < 1.29 is 5.11 Å². The molecule has 4 aromatic rings. The lowest BCUT2D eigenvalue weighted by Crippen LogP contribution is -1.99. The zero-order valence-corrected chi connectivity index (χ0v) is 15.2. The van der Waals surface area contributed by atoms with Gasteiger partial charge < -0.3 is 5.11 Å². The van der Waals surface area contributed by atoms with Gasteiger partial charge in [0.15, 0.2) is 0 Å². The summed E-state index contributed by atoms with van der Waals surface area (Å²) in [6, 6.07) is 35.3. The molecule has 0 unspecified atom stereocenters. The molecular formula is C26H22O. The van der Waals surface area contributed by atoms with E-state index in [0.717, 1.165) is 18.4 Å². The Bertz CT molecular complexity index is 943. The zero-order valence-electron chi connectivity index (χ0n) is 15.2. The maximum absolute atomic E-state index is 9.71. The third-order valence-electron chi connectivity index (χ3n) is 4.87. The van der Waals surface area contributed by atoms with E-state index in [4.69, 9.17) is 0 Å². The first-order valence-electron chi connectivity index (χ1n) is 9.27. The fourth-order valence-corrected chi connectivity index (χ4v) is 3.58. The Morgan fingerprint density at radius 1 is 0.481 bits per heavy atom. The normalized spacial score (nSPS) is 10.7. The lowest BCUT2D eigenvalue weighted by atomic mass is 9.88.